The van der Waals surface area contributed by atoms with Gasteiger partial charge in [0, 0.05) is 16.9 Å². The number of halogens is 1. The molecule has 2 atom stereocenters. The lowest BCUT2D eigenvalue weighted by atomic mass is 9.97. The molecule has 1 aromatic carbocycles. The van der Waals surface area contributed by atoms with Crippen LogP contribution in [0.25, 0.3) is 11.0 Å². The Kier molecular flexibility index (Phi) is 4.37. The molecule has 0 bridgehead atoms. The minimum atomic E-state index is -0.418. The summed E-state index contributed by atoms with van der Waals surface area (Å²) in [4.78, 5) is 16.5. The van der Waals surface area contributed by atoms with Crippen LogP contribution >= 0.6 is 15.9 Å². The third kappa shape index (κ3) is 3.33. The molecule has 112 valence electrons. The number of nitrogens with one attached hydrogen (secondary N) is 1. The van der Waals surface area contributed by atoms with Crippen molar-refractivity contribution in [3.05, 3.63) is 29.0 Å². The monoisotopic (exact) mass is 351 g/mol. The highest BCUT2D eigenvalue weighted by Gasteiger charge is 2.24. The first-order valence-electron chi connectivity index (χ1n) is 7.17. The fourth-order valence-corrected chi connectivity index (χ4v) is 3.16. The Balaban J connectivity index is 1.68. The number of piperidine rings is 1. The highest BCUT2D eigenvalue weighted by molar-refractivity contribution is 9.10. The summed E-state index contributed by atoms with van der Waals surface area (Å²) in [7, 11) is 0. The number of hydrogen-bond acceptors (Lipinski definition) is 4. The molecule has 2 N–H and O–H groups in total. The molecule has 1 saturated heterocycles. The highest BCUT2D eigenvalue weighted by Crippen LogP contribution is 2.19. The molecule has 0 unspecified atom stereocenters. The molecule has 2 heterocycles. The van der Waals surface area contributed by atoms with Crippen LogP contribution in [0.4, 0.5) is 0 Å². The topological polar surface area (TPSA) is 67.2 Å². The van der Waals surface area contributed by atoms with Crippen molar-refractivity contribution in [3.8, 4) is 0 Å². The number of aliphatic hydroxyl groups excluding tert-OH is 1. The van der Waals surface area contributed by atoms with Crippen LogP contribution in [0.15, 0.2) is 29.0 Å². The van der Waals surface area contributed by atoms with E-state index in [1.807, 2.05) is 22.8 Å². The van der Waals surface area contributed by atoms with Crippen molar-refractivity contribution >= 4 is 32.7 Å². The Morgan fingerprint density at radius 3 is 3.19 bits per heavy atom. The Labute approximate surface area is 131 Å². The number of Topliss-reactive ketones (excluding diaryl/α,β-unsaturated/α-hetero) is 1. The Morgan fingerprint density at radius 1 is 1.52 bits per heavy atom. The summed E-state index contributed by atoms with van der Waals surface area (Å²) in [6.07, 6.45) is 3.37. The van der Waals surface area contributed by atoms with Gasteiger partial charge in [-0.15, -0.1) is 0 Å². The van der Waals surface area contributed by atoms with Gasteiger partial charge < -0.3 is 15.0 Å². The standard InChI is InChI=1S/C15H18BrN3O2/c16-10-3-4-14-12(6-10)18-9-19(14)8-11(20)7-13-15(21)2-1-5-17-13/h3-4,6,9,13,15,17,21H,1-2,5,7-8H2/t13-,15+/m1/s1. The molecule has 1 aliphatic rings. The average Bonchev–Trinajstić information content (AvgIpc) is 2.83. The predicted octanol–water partition coefficient (Wildman–Crippen LogP) is 1.87. The average molecular weight is 352 g/mol. The van der Waals surface area contributed by atoms with E-state index in [-0.39, 0.29) is 11.8 Å². The van der Waals surface area contributed by atoms with Crippen LogP contribution in [0, 0.1) is 0 Å². The number of hydrogen-bond donors (Lipinski definition) is 2. The van der Waals surface area contributed by atoms with Gasteiger partial charge in [0.15, 0.2) is 5.78 Å². The van der Waals surface area contributed by atoms with Crippen molar-refractivity contribution in [2.75, 3.05) is 6.54 Å². The normalized spacial score (nSPS) is 22.6. The van der Waals surface area contributed by atoms with Crippen molar-refractivity contribution in [1.82, 2.24) is 14.9 Å². The van der Waals surface area contributed by atoms with Crippen molar-refractivity contribution in [1.29, 1.82) is 0 Å². The van der Waals surface area contributed by atoms with E-state index in [0.717, 1.165) is 34.9 Å². The molecular weight excluding hydrogens is 334 g/mol. The molecule has 3 rings (SSSR count). The number of rotatable bonds is 4. The zero-order valence-electron chi connectivity index (χ0n) is 11.6. The molecule has 1 fully saturated rings. The quantitative estimate of drug-likeness (QED) is 0.882. The molecule has 1 aliphatic heterocycles. The summed E-state index contributed by atoms with van der Waals surface area (Å²) in [5.74, 6) is 0.107. The molecular formula is C15H18BrN3O2. The number of imidazole rings is 1. The van der Waals surface area contributed by atoms with Gasteiger partial charge in [-0.2, -0.15) is 0 Å². The first kappa shape index (κ1) is 14.7. The van der Waals surface area contributed by atoms with E-state index in [0.29, 0.717) is 13.0 Å². The first-order valence-corrected chi connectivity index (χ1v) is 7.96. The largest absolute Gasteiger partial charge is 0.391 e. The SMILES string of the molecule is O=C(C[C@H]1NCCC[C@@H]1O)Cn1cnc2cc(Br)ccc21. The highest BCUT2D eigenvalue weighted by atomic mass is 79.9. The maximum atomic E-state index is 12.2. The summed E-state index contributed by atoms with van der Waals surface area (Å²) in [6.45, 7) is 1.17. The summed E-state index contributed by atoms with van der Waals surface area (Å²) in [5.41, 5.74) is 1.82. The fraction of sp³-hybridized carbons (Fsp3) is 0.467. The van der Waals surface area contributed by atoms with E-state index in [1.165, 1.54) is 0 Å². The van der Waals surface area contributed by atoms with Gasteiger partial charge in [0.05, 0.1) is 30.0 Å². The van der Waals surface area contributed by atoms with Gasteiger partial charge >= 0.3 is 0 Å². The summed E-state index contributed by atoms with van der Waals surface area (Å²) in [5, 5.41) is 13.1. The minimum absolute atomic E-state index is 0.107. The lowest BCUT2D eigenvalue weighted by Gasteiger charge is -2.28. The van der Waals surface area contributed by atoms with E-state index < -0.39 is 6.10 Å². The number of nitrogens with zero attached hydrogens (tertiary/aromatic N) is 2. The second-order valence-electron chi connectivity index (χ2n) is 5.52. The lowest BCUT2D eigenvalue weighted by Crippen LogP contribution is -2.46. The van der Waals surface area contributed by atoms with E-state index in [4.69, 9.17) is 0 Å². The molecule has 0 amide bonds. The zero-order valence-corrected chi connectivity index (χ0v) is 13.2. The van der Waals surface area contributed by atoms with Crippen LogP contribution in [0.2, 0.25) is 0 Å². The Hall–Kier alpha value is -1.24. The van der Waals surface area contributed by atoms with E-state index in [2.05, 4.69) is 26.2 Å². The van der Waals surface area contributed by atoms with Gasteiger partial charge in [0.2, 0.25) is 0 Å². The molecule has 21 heavy (non-hydrogen) atoms. The van der Waals surface area contributed by atoms with Gasteiger partial charge in [-0.1, -0.05) is 15.9 Å². The third-order valence-corrected chi connectivity index (χ3v) is 4.42. The second-order valence-corrected chi connectivity index (χ2v) is 6.43. The number of fused-ring (bicyclic) bond motifs is 1. The number of aliphatic hydroxyl groups is 1. The predicted molar refractivity (Wildman–Crippen MR) is 84.1 cm³/mol. The fourth-order valence-electron chi connectivity index (χ4n) is 2.81. The smallest absolute Gasteiger partial charge is 0.154 e. The van der Waals surface area contributed by atoms with E-state index in [9.17, 15) is 9.90 Å². The molecule has 1 aromatic heterocycles. The molecule has 5 nitrogen and oxygen atoms in total. The maximum Gasteiger partial charge on any atom is 0.154 e. The maximum absolute atomic E-state index is 12.2. The van der Waals surface area contributed by atoms with Crippen molar-refractivity contribution in [2.24, 2.45) is 0 Å². The summed E-state index contributed by atoms with van der Waals surface area (Å²) in [6, 6.07) is 5.71. The van der Waals surface area contributed by atoms with Crippen LogP contribution in [-0.4, -0.2) is 39.1 Å². The van der Waals surface area contributed by atoms with Gasteiger partial charge in [0.25, 0.3) is 0 Å². The van der Waals surface area contributed by atoms with Crippen LogP contribution < -0.4 is 5.32 Å². The number of carbonyl (C=O) groups is 1. The van der Waals surface area contributed by atoms with Gasteiger partial charge in [-0.25, -0.2) is 4.98 Å². The van der Waals surface area contributed by atoms with Crippen molar-refractivity contribution in [2.45, 2.75) is 38.0 Å². The summed E-state index contributed by atoms with van der Waals surface area (Å²) >= 11 is 3.41. The number of ketones is 1. The summed E-state index contributed by atoms with van der Waals surface area (Å²) < 4.78 is 2.83. The van der Waals surface area contributed by atoms with Gasteiger partial charge in [0.1, 0.15) is 0 Å². The molecule has 0 saturated carbocycles. The minimum Gasteiger partial charge on any atom is -0.391 e. The Bertz CT molecular complexity index is 655. The number of aromatic nitrogens is 2. The number of benzene rings is 1. The van der Waals surface area contributed by atoms with Crippen LogP contribution in [-0.2, 0) is 11.3 Å². The number of carbonyl (C=O) groups excluding carboxylic acids is 1. The van der Waals surface area contributed by atoms with E-state index >= 15 is 0 Å². The Morgan fingerprint density at radius 2 is 2.38 bits per heavy atom. The van der Waals surface area contributed by atoms with Crippen LogP contribution in [0.1, 0.15) is 19.3 Å². The van der Waals surface area contributed by atoms with Crippen molar-refractivity contribution < 1.29 is 9.90 Å². The third-order valence-electron chi connectivity index (χ3n) is 3.93. The van der Waals surface area contributed by atoms with Gasteiger partial charge in [-0.3, -0.25) is 4.79 Å². The van der Waals surface area contributed by atoms with Crippen LogP contribution in [0.3, 0.4) is 0 Å². The molecule has 2 aromatic rings. The zero-order chi connectivity index (χ0) is 14.8. The van der Waals surface area contributed by atoms with Crippen LogP contribution in [0.5, 0.6) is 0 Å². The van der Waals surface area contributed by atoms with E-state index in [1.54, 1.807) is 6.33 Å². The second kappa shape index (κ2) is 6.25. The van der Waals surface area contributed by atoms with Gasteiger partial charge in [-0.05, 0) is 37.6 Å². The van der Waals surface area contributed by atoms with Crippen molar-refractivity contribution in [3.63, 3.8) is 0 Å². The molecule has 0 spiro atoms. The molecule has 0 radical (unpaired) electrons. The lowest BCUT2D eigenvalue weighted by molar-refractivity contribution is -0.121. The molecule has 6 heteroatoms. The first-order chi connectivity index (χ1) is 10.1. The molecule has 0 aliphatic carbocycles.